The predicted molar refractivity (Wildman–Crippen MR) is 227 cm³/mol. The van der Waals surface area contributed by atoms with Crippen LogP contribution in [-0.4, -0.2) is 30.3 Å². The van der Waals surface area contributed by atoms with Crippen molar-refractivity contribution in [3.8, 4) is 0 Å². The average Bonchev–Trinajstić information content (AvgIpc) is 3.55. The van der Waals surface area contributed by atoms with E-state index < -0.39 is 23.0 Å². The van der Waals surface area contributed by atoms with Crippen molar-refractivity contribution in [3.63, 3.8) is 0 Å². The third-order valence-electron chi connectivity index (χ3n) is 9.81. The first-order valence-electron chi connectivity index (χ1n) is 18.8. The van der Waals surface area contributed by atoms with Crippen LogP contribution in [0.15, 0.2) is 120 Å². The lowest BCUT2D eigenvalue weighted by Gasteiger charge is -2.33. The zero-order valence-electron chi connectivity index (χ0n) is 32.3. The molecule has 1 aliphatic carbocycles. The number of thiophene rings is 1. The highest BCUT2D eigenvalue weighted by Crippen LogP contribution is 2.45. The molecule has 5 aromatic rings. The van der Waals surface area contributed by atoms with E-state index in [0.717, 1.165) is 51.3 Å². The average molecular weight is 786 g/mol. The molecule has 0 saturated carbocycles. The van der Waals surface area contributed by atoms with Gasteiger partial charge in [0.25, 0.3) is 11.8 Å². The minimum Gasteiger partial charge on any atom is -0.462 e. The third kappa shape index (κ3) is 10.0. The minimum absolute atomic E-state index is 0.0761. The summed E-state index contributed by atoms with van der Waals surface area (Å²) in [4.78, 5) is 56.6. The zero-order valence-corrected chi connectivity index (χ0v) is 33.9. The van der Waals surface area contributed by atoms with Gasteiger partial charge in [0, 0.05) is 21.0 Å². The molecule has 2 atom stereocenters. The van der Waals surface area contributed by atoms with Gasteiger partial charge in [-0.3, -0.25) is 14.4 Å². The number of carbonyl (C=O) groups is 4. The minimum atomic E-state index is -0.694. The highest BCUT2D eigenvalue weighted by Gasteiger charge is 2.35. The summed E-state index contributed by atoms with van der Waals surface area (Å²) in [5, 5.41) is 8.69. The monoisotopic (exact) mass is 785 g/mol. The van der Waals surface area contributed by atoms with E-state index in [1.165, 1.54) is 23.1 Å². The molecule has 0 radical (unpaired) electrons. The summed E-state index contributed by atoms with van der Waals surface area (Å²) in [5.41, 5.74) is 5.15. The molecule has 0 aliphatic heterocycles. The molecule has 10 heteroatoms. The molecule has 0 saturated heterocycles. The lowest BCUT2D eigenvalue weighted by Crippen LogP contribution is -2.30. The molecule has 1 aromatic heterocycles. The standard InChI is InChI=1S/C46H47N3O5S2/c1-6-54-45(53)39-36-25-24-33(46(3,4)5)27-38(36)56-44(39)49-43(52)40(31-14-9-7-10-15-31)55-35-19-13-18-34(28-35)47-42(51)37(26-30-22-20-29(2)21-23-30)48-41(50)32-16-11-8-12-17-32/h7-23,26,28,33,40H,6,24-25,27H2,1-5H3,(H,47,51)(H,48,50)(H,49,52)/b37-26+. The van der Waals surface area contributed by atoms with Crippen LogP contribution in [0.1, 0.15) is 87.2 Å². The maximum Gasteiger partial charge on any atom is 0.341 e. The van der Waals surface area contributed by atoms with Gasteiger partial charge in [-0.05, 0) is 97.5 Å². The Hall–Kier alpha value is -5.45. The molecule has 8 nitrogen and oxygen atoms in total. The Kier molecular flexibility index (Phi) is 12.9. The van der Waals surface area contributed by atoms with E-state index in [1.54, 1.807) is 49.4 Å². The normalized spacial score (nSPS) is 14.6. The van der Waals surface area contributed by atoms with E-state index in [0.29, 0.717) is 27.7 Å². The summed E-state index contributed by atoms with van der Waals surface area (Å²) in [5.74, 6) is -1.15. The van der Waals surface area contributed by atoms with Crippen molar-refractivity contribution in [2.24, 2.45) is 11.3 Å². The van der Waals surface area contributed by atoms with Gasteiger partial charge in [-0.25, -0.2) is 4.79 Å². The van der Waals surface area contributed by atoms with Gasteiger partial charge in [0.05, 0.1) is 12.2 Å². The molecule has 0 fully saturated rings. The smallest absolute Gasteiger partial charge is 0.341 e. The summed E-state index contributed by atoms with van der Waals surface area (Å²) in [7, 11) is 0. The van der Waals surface area contributed by atoms with Gasteiger partial charge in [-0.15, -0.1) is 23.1 Å². The van der Waals surface area contributed by atoms with Crippen molar-refractivity contribution >= 4 is 63.6 Å². The van der Waals surface area contributed by atoms with Crippen molar-refractivity contribution in [1.29, 1.82) is 0 Å². The number of esters is 1. The number of fused-ring (bicyclic) bond motifs is 1. The number of thioether (sulfide) groups is 1. The maximum absolute atomic E-state index is 14.4. The molecule has 3 N–H and O–H groups in total. The quantitative estimate of drug-likeness (QED) is 0.0659. The Morgan fingerprint density at radius 3 is 2.27 bits per heavy atom. The summed E-state index contributed by atoms with van der Waals surface area (Å²) in [6, 6.07) is 33.1. The van der Waals surface area contributed by atoms with Crippen molar-refractivity contribution in [1.82, 2.24) is 5.32 Å². The first-order valence-corrected chi connectivity index (χ1v) is 20.5. The molecule has 0 spiro atoms. The second-order valence-electron chi connectivity index (χ2n) is 14.9. The van der Waals surface area contributed by atoms with Gasteiger partial charge < -0.3 is 20.7 Å². The van der Waals surface area contributed by atoms with Crippen LogP contribution < -0.4 is 16.0 Å². The SMILES string of the molecule is CCOC(=O)c1c(NC(=O)C(Sc2cccc(NC(=O)/C(=C\c3ccc(C)cc3)NC(=O)c3ccccc3)c2)c2ccccc2)sc2c1CCC(C(C)(C)C)C2. The molecule has 6 rings (SSSR count). The van der Waals surface area contributed by atoms with Crippen LogP contribution >= 0.6 is 23.1 Å². The van der Waals surface area contributed by atoms with E-state index >= 15 is 0 Å². The fraction of sp³-hybridized carbons (Fsp3) is 0.261. The van der Waals surface area contributed by atoms with E-state index in [-0.39, 0.29) is 23.6 Å². The van der Waals surface area contributed by atoms with Crippen molar-refractivity contribution < 1.29 is 23.9 Å². The highest BCUT2D eigenvalue weighted by atomic mass is 32.2. The van der Waals surface area contributed by atoms with Gasteiger partial charge >= 0.3 is 5.97 Å². The Morgan fingerprint density at radius 1 is 0.893 bits per heavy atom. The van der Waals surface area contributed by atoms with E-state index in [9.17, 15) is 19.2 Å². The largest absolute Gasteiger partial charge is 0.462 e. The molecule has 0 bridgehead atoms. The van der Waals surface area contributed by atoms with Crippen LogP contribution in [-0.2, 0) is 27.2 Å². The number of anilines is 2. The third-order valence-corrected chi connectivity index (χ3v) is 12.2. The van der Waals surface area contributed by atoms with Crippen LogP contribution in [0.3, 0.4) is 0 Å². The number of carbonyl (C=O) groups excluding carboxylic acids is 4. The first-order chi connectivity index (χ1) is 26.9. The zero-order chi connectivity index (χ0) is 39.8. The second kappa shape index (κ2) is 18.0. The number of amides is 3. The summed E-state index contributed by atoms with van der Waals surface area (Å²) in [6.45, 7) is 10.7. The van der Waals surface area contributed by atoms with Crippen LogP contribution in [0.2, 0.25) is 0 Å². The fourth-order valence-corrected chi connectivity index (χ4v) is 9.07. The number of hydrogen-bond acceptors (Lipinski definition) is 7. The number of nitrogens with one attached hydrogen (secondary N) is 3. The number of rotatable bonds is 12. The van der Waals surface area contributed by atoms with Crippen molar-refractivity contribution in [2.75, 3.05) is 17.2 Å². The number of hydrogen-bond donors (Lipinski definition) is 3. The van der Waals surface area contributed by atoms with Crippen LogP contribution in [0.4, 0.5) is 10.7 Å². The Bertz CT molecular complexity index is 2220. The Labute approximate surface area is 337 Å². The van der Waals surface area contributed by atoms with E-state index in [4.69, 9.17) is 4.74 Å². The molecular formula is C46H47N3O5S2. The van der Waals surface area contributed by atoms with Crippen LogP contribution in [0.5, 0.6) is 0 Å². The fourth-order valence-electron chi connectivity index (χ4n) is 6.66. The van der Waals surface area contributed by atoms with Gasteiger partial charge in [0.1, 0.15) is 15.9 Å². The number of ether oxygens (including phenoxy) is 1. The highest BCUT2D eigenvalue weighted by molar-refractivity contribution is 8.00. The molecule has 3 amide bonds. The summed E-state index contributed by atoms with van der Waals surface area (Å²) < 4.78 is 5.50. The molecular weight excluding hydrogens is 739 g/mol. The maximum atomic E-state index is 14.4. The summed E-state index contributed by atoms with van der Waals surface area (Å²) >= 11 is 2.81. The lowest BCUT2D eigenvalue weighted by molar-refractivity contribution is -0.116. The van der Waals surface area contributed by atoms with Gasteiger partial charge in [-0.1, -0.05) is 105 Å². The molecule has 56 heavy (non-hydrogen) atoms. The Morgan fingerprint density at radius 2 is 1.59 bits per heavy atom. The van der Waals surface area contributed by atoms with Crippen molar-refractivity contribution in [3.05, 3.63) is 153 Å². The molecule has 2 unspecified atom stereocenters. The van der Waals surface area contributed by atoms with Gasteiger partial charge in [0.2, 0.25) is 5.91 Å². The first kappa shape index (κ1) is 40.2. The summed E-state index contributed by atoms with van der Waals surface area (Å²) in [6.07, 6.45) is 4.20. The molecule has 1 aliphatic rings. The molecule has 288 valence electrons. The number of aryl methyl sites for hydroxylation is 1. The molecule has 1 heterocycles. The van der Waals surface area contributed by atoms with Gasteiger partial charge in [0.15, 0.2) is 0 Å². The van der Waals surface area contributed by atoms with Crippen molar-refractivity contribution in [2.45, 2.75) is 64.0 Å². The lowest BCUT2D eigenvalue weighted by atomic mass is 9.72. The van der Waals surface area contributed by atoms with Crippen LogP contribution in [0.25, 0.3) is 6.08 Å². The topological polar surface area (TPSA) is 114 Å². The van der Waals surface area contributed by atoms with Crippen LogP contribution in [0, 0.1) is 18.3 Å². The van der Waals surface area contributed by atoms with E-state index in [2.05, 4.69) is 36.7 Å². The predicted octanol–water partition coefficient (Wildman–Crippen LogP) is 10.3. The second-order valence-corrected chi connectivity index (χ2v) is 17.2. The molecule has 4 aromatic carbocycles. The van der Waals surface area contributed by atoms with E-state index in [1.807, 2.05) is 79.7 Å². The number of benzene rings is 4. The van der Waals surface area contributed by atoms with Gasteiger partial charge in [-0.2, -0.15) is 0 Å². The Balaban J connectivity index is 1.25.